The Morgan fingerprint density at radius 3 is 2.74 bits per heavy atom. The van der Waals surface area contributed by atoms with Crippen LogP contribution in [0.3, 0.4) is 0 Å². The summed E-state index contributed by atoms with van der Waals surface area (Å²) in [5, 5.41) is 20.0. The van der Waals surface area contributed by atoms with Crippen molar-refractivity contribution >= 4 is 12.0 Å². The van der Waals surface area contributed by atoms with Crippen molar-refractivity contribution in [3.63, 3.8) is 0 Å². The molecule has 3 heterocycles. The van der Waals surface area contributed by atoms with Crippen LogP contribution in [0.25, 0.3) is 17.2 Å². The summed E-state index contributed by atoms with van der Waals surface area (Å²) in [6.07, 6.45) is 4.70. The van der Waals surface area contributed by atoms with Gasteiger partial charge in [-0.1, -0.05) is 19.1 Å². The lowest BCUT2D eigenvalue weighted by atomic mass is 9.62. The summed E-state index contributed by atoms with van der Waals surface area (Å²) < 4.78 is 34.4. The van der Waals surface area contributed by atoms with Gasteiger partial charge in [0, 0.05) is 35.4 Å². The first-order valence-electron chi connectivity index (χ1n) is 9.98. The maximum absolute atomic E-state index is 14.6. The number of halogens is 2. The third-order valence-electron chi connectivity index (χ3n) is 6.37. The number of carbonyl (C=O) groups is 1. The van der Waals surface area contributed by atoms with E-state index in [0.29, 0.717) is 16.8 Å². The molecule has 0 unspecified atom stereocenters. The fraction of sp³-hybridized carbons (Fsp3) is 0.391. The fourth-order valence-electron chi connectivity index (χ4n) is 4.69. The highest BCUT2D eigenvalue weighted by Gasteiger charge is 2.67. The summed E-state index contributed by atoms with van der Waals surface area (Å²) >= 11 is 0. The number of allylic oxidation sites excluding steroid dienone is 1. The number of pyridine rings is 2. The number of ether oxygens (including phenoxy) is 1. The Kier molecular flexibility index (Phi) is 5.10. The molecule has 2 aliphatic rings. The Bertz CT molecular complexity index is 1080. The van der Waals surface area contributed by atoms with Gasteiger partial charge in [0.25, 0.3) is 5.92 Å². The molecule has 0 amide bonds. The Morgan fingerprint density at radius 1 is 1.29 bits per heavy atom. The van der Waals surface area contributed by atoms with Crippen LogP contribution in [-0.4, -0.2) is 38.7 Å². The van der Waals surface area contributed by atoms with E-state index in [2.05, 4.69) is 9.97 Å². The second kappa shape index (κ2) is 7.50. The molecule has 0 spiro atoms. The van der Waals surface area contributed by atoms with Crippen LogP contribution in [0.2, 0.25) is 0 Å². The third kappa shape index (κ3) is 3.49. The summed E-state index contributed by atoms with van der Waals surface area (Å²) in [5.74, 6) is -6.82. The molecular formula is C23H21F2N3O3. The molecule has 1 saturated carbocycles. The zero-order valence-electron chi connectivity index (χ0n) is 17.0. The summed E-state index contributed by atoms with van der Waals surface area (Å²) in [7, 11) is 0. The topological polar surface area (TPSA) is 96.1 Å². The summed E-state index contributed by atoms with van der Waals surface area (Å²) in [6, 6.07) is 9.00. The van der Waals surface area contributed by atoms with E-state index < -0.39 is 47.8 Å². The first kappa shape index (κ1) is 21.1. The molecule has 2 aromatic heterocycles. The minimum Gasteiger partial charge on any atom is -0.460 e. The predicted octanol–water partition coefficient (Wildman–Crippen LogP) is 3.61. The van der Waals surface area contributed by atoms with Crippen molar-refractivity contribution in [2.24, 2.45) is 17.8 Å². The molecular weight excluding hydrogens is 404 g/mol. The molecule has 8 heteroatoms. The number of aliphatic hydroxyl groups is 1. The van der Waals surface area contributed by atoms with Crippen molar-refractivity contribution in [3.8, 4) is 17.2 Å². The minimum atomic E-state index is -3.21. The number of nitriles is 1. The van der Waals surface area contributed by atoms with Crippen LogP contribution in [0.5, 0.6) is 0 Å². The zero-order valence-corrected chi connectivity index (χ0v) is 17.0. The summed E-state index contributed by atoms with van der Waals surface area (Å²) in [4.78, 5) is 20.5. The van der Waals surface area contributed by atoms with E-state index in [1.165, 1.54) is 13.1 Å². The van der Waals surface area contributed by atoms with E-state index in [4.69, 9.17) is 4.74 Å². The number of nitrogens with zero attached hydrogens (tertiary/aromatic N) is 3. The van der Waals surface area contributed by atoms with Gasteiger partial charge in [-0.2, -0.15) is 5.26 Å². The molecule has 1 N–H and O–H groups in total. The molecule has 1 aliphatic heterocycles. The van der Waals surface area contributed by atoms with Gasteiger partial charge >= 0.3 is 5.97 Å². The van der Waals surface area contributed by atoms with Crippen molar-refractivity contribution in [3.05, 3.63) is 54.1 Å². The van der Waals surface area contributed by atoms with Crippen molar-refractivity contribution < 1.29 is 23.4 Å². The number of hydrogen-bond donors (Lipinski definition) is 1. The number of aromatic nitrogens is 2. The lowest BCUT2D eigenvalue weighted by Crippen LogP contribution is -2.57. The number of cyclic esters (lactones) is 1. The normalized spacial score (nSPS) is 31.8. The van der Waals surface area contributed by atoms with Gasteiger partial charge in [0.15, 0.2) is 5.60 Å². The van der Waals surface area contributed by atoms with Crippen LogP contribution in [0.15, 0.2) is 42.7 Å². The molecule has 31 heavy (non-hydrogen) atoms. The SMILES string of the molecule is C[C@H]1OC(=O)[C@]2(O)CC(F)(F)[C@@H](C)[C@H](/C=C/c3ccc(-c4cccnc4C#N)cn3)[C@H]12. The third-order valence-corrected chi connectivity index (χ3v) is 6.37. The highest BCUT2D eigenvalue weighted by atomic mass is 19.3. The van der Waals surface area contributed by atoms with E-state index in [0.717, 1.165) is 0 Å². The van der Waals surface area contributed by atoms with Crippen molar-refractivity contribution in [2.75, 3.05) is 0 Å². The molecule has 6 nitrogen and oxygen atoms in total. The lowest BCUT2D eigenvalue weighted by molar-refractivity contribution is -0.193. The van der Waals surface area contributed by atoms with E-state index in [-0.39, 0.29) is 5.69 Å². The van der Waals surface area contributed by atoms with Gasteiger partial charge in [0.2, 0.25) is 0 Å². The maximum Gasteiger partial charge on any atom is 0.339 e. The van der Waals surface area contributed by atoms with Crippen LogP contribution in [0.4, 0.5) is 8.78 Å². The molecule has 0 radical (unpaired) electrons. The Labute approximate surface area is 178 Å². The van der Waals surface area contributed by atoms with Gasteiger partial charge in [0.05, 0.1) is 12.1 Å². The van der Waals surface area contributed by atoms with Crippen molar-refractivity contribution in [2.45, 2.75) is 37.9 Å². The number of fused-ring (bicyclic) bond motifs is 1. The van der Waals surface area contributed by atoms with E-state index in [9.17, 15) is 23.9 Å². The molecule has 1 saturated heterocycles. The van der Waals surface area contributed by atoms with Crippen molar-refractivity contribution in [1.82, 2.24) is 9.97 Å². The quantitative estimate of drug-likeness (QED) is 0.755. The first-order chi connectivity index (χ1) is 14.7. The maximum atomic E-state index is 14.6. The molecule has 0 aromatic carbocycles. The monoisotopic (exact) mass is 425 g/mol. The molecule has 2 aromatic rings. The number of alkyl halides is 2. The average Bonchev–Trinajstić information content (AvgIpc) is 2.96. The van der Waals surface area contributed by atoms with Gasteiger partial charge < -0.3 is 9.84 Å². The van der Waals surface area contributed by atoms with Gasteiger partial charge in [-0.15, -0.1) is 0 Å². The minimum absolute atomic E-state index is 0.282. The van der Waals surface area contributed by atoms with E-state index >= 15 is 0 Å². The summed E-state index contributed by atoms with van der Waals surface area (Å²) in [5.41, 5.74) is -0.0413. The first-order valence-corrected chi connectivity index (χ1v) is 9.98. The van der Waals surface area contributed by atoms with Gasteiger partial charge in [-0.25, -0.2) is 18.6 Å². The number of carbonyl (C=O) groups excluding carboxylic acids is 1. The van der Waals surface area contributed by atoms with Crippen LogP contribution < -0.4 is 0 Å². The smallest absolute Gasteiger partial charge is 0.339 e. The van der Waals surface area contributed by atoms with Crippen LogP contribution in [0.1, 0.15) is 31.7 Å². The van der Waals surface area contributed by atoms with Crippen LogP contribution in [0, 0.1) is 29.1 Å². The highest BCUT2D eigenvalue weighted by Crippen LogP contribution is 2.54. The van der Waals surface area contributed by atoms with E-state index in [1.807, 2.05) is 6.07 Å². The van der Waals surface area contributed by atoms with Crippen LogP contribution in [-0.2, 0) is 9.53 Å². The van der Waals surface area contributed by atoms with Gasteiger partial charge in [0.1, 0.15) is 17.9 Å². The average molecular weight is 425 g/mol. The molecule has 160 valence electrons. The largest absolute Gasteiger partial charge is 0.460 e. The standard InChI is InChI=1S/C23H21F2N3O3/c1-13-17(20-14(2)31-21(29)22(20,30)12-23(13,24)25)8-7-16-6-5-15(11-28-16)18-4-3-9-27-19(18)10-26/h3-9,11,13-14,17,20,30H,12H2,1-2H3/b8-7+/t13-,14+,17-,20-,22-/m0/s1. The molecule has 5 atom stereocenters. The van der Waals surface area contributed by atoms with Gasteiger partial charge in [-0.3, -0.25) is 4.98 Å². The predicted molar refractivity (Wildman–Crippen MR) is 107 cm³/mol. The molecule has 4 rings (SSSR count). The van der Waals surface area contributed by atoms with Crippen molar-refractivity contribution in [1.29, 1.82) is 5.26 Å². The number of rotatable bonds is 3. The second-order valence-corrected chi connectivity index (χ2v) is 8.21. The Hall–Kier alpha value is -3.18. The molecule has 0 bridgehead atoms. The molecule has 1 aliphatic carbocycles. The lowest BCUT2D eigenvalue weighted by Gasteiger charge is -2.45. The number of esters is 1. The zero-order chi connectivity index (χ0) is 22.4. The highest BCUT2D eigenvalue weighted by molar-refractivity contribution is 5.83. The summed E-state index contributed by atoms with van der Waals surface area (Å²) in [6.45, 7) is 3.04. The van der Waals surface area contributed by atoms with Gasteiger partial charge in [-0.05, 0) is 37.1 Å². The Balaban J connectivity index is 1.62. The van der Waals surface area contributed by atoms with E-state index in [1.54, 1.807) is 49.5 Å². The fourth-order valence-corrected chi connectivity index (χ4v) is 4.69. The van der Waals surface area contributed by atoms with Crippen LogP contribution >= 0.6 is 0 Å². The molecule has 2 fully saturated rings. The number of hydrogen-bond acceptors (Lipinski definition) is 6. The second-order valence-electron chi connectivity index (χ2n) is 8.21. The Morgan fingerprint density at radius 2 is 2.06 bits per heavy atom.